The molecule has 1 fully saturated rings. The number of hydrogen-bond donors (Lipinski definition) is 3. The Bertz CT molecular complexity index is 651. The topological polar surface area (TPSA) is 65.5 Å². The number of rotatable bonds is 7. The highest BCUT2D eigenvalue weighted by molar-refractivity contribution is 14.0. The number of benzene rings is 1. The van der Waals surface area contributed by atoms with Crippen molar-refractivity contribution in [1.29, 1.82) is 0 Å². The highest BCUT2D eigenvalue weighted by Gasteiger charge is 2.29. The molecule has 0 spiro atoms. The zero-order valence-electron chi connectivity index (χ0n) is 16.2. The second-order valence-corrected chi connectivity index (χ2v) is 8.90. The van der Waals surface area contributed by atoms with Gasteiger partial charge in [-0.05, 0) is 57.1 Å². The number of amides is 1. The van der Waals surface area contributed by atoms with E-state index in [4.69, 9.17) is 16.6 Å². The van der Waals surface area contributed by atoms with Crippen molar-refractivity contribution in [2.75, 3.05) is 30.7 Å². The summed E-state index contributed by atoms with van der Waals surface area (Å²) < 4.78 is 0.238. The van der Waals surface area contributed by atoms with Crippen molar-refractivity contribution in [3.8, 4) is 0 Å². The zero-order chi connectivity index (χ0) is 19.0. The van der Waals surface area contributed by atoms with Crippen LogP contribution >= 0.6 is 47.3 Å². The number of anilines is 1. The molecule has 1 heterocycles. The molecule has 8 heteroatoms. The third kappa shape index (κ3) is 8.48. The van der Waals surface area contributed by atoms with Gasteiger partial charge in [-0.15, -0.1) is 24.0 Å². The summed E-state index contributed by atoms with van der Waals surface area (Å²) in [7, 11) is 0. The van der Waals surface area contributed by atoms with Gasteiger partial charge in [0.1, 0.15) is 0 Å². The molecular formula is C19H30ClIN4OS. The maximum absolute atomic E-state index is 12.1. The fourth-order valence-electron chi connectivity index (χ4n) is 2.78. The van der Waals surface area contributed by atoms with Gasteiger partial charge >= 0.3 is 0 Å². The van der Waals surface area contributed by atoms with Crippen LogP contribution in [0.15, 0.2) is 23.2 Å². The number of hydrogen-bond acceptors (Lipinski definition) is 3. The van der Waals surface area contributed by atoms with E-state index in [9.17, 15) is 4.79 Å². The standard InChI is InChI=1S/C19H29ClN4OS.HI/c1-4-21-18(23-13-19(3)9-5-11-26-19)22-10-8-17(25)24-16-7-6-14(2)12-15(16)20;/h6-7,12H,4-5,8-11,13H2,1-3H3,(H,24,25)(H2,21,22,23);1H. The molecule has 0 saturated carbocycles. The second kappa shape index (κ2) is 12.0. The third-order valence-electron chi connectivity index (χ3n) is 4.26. The van der Waals surface area contributed by atoms with Gasteiger partial charge in [0.25, 0.3) is 0 Å². The average molecular weight is 525 g/mol. The van der Waals surface area contributed by atoms with Crippen molar-refractivity contribution in [3.63, 3.8) is 0 Å². The van der Waals surface area contributed by atoms with Gasteiger partial charge < -0.3 is 16.0 Å². The van der Waals surface area contributed by atoms with Gasteiger partial charge in [-0.2, -0.15) is 11.8 Å². The van der Waals surface area contributed by atoms with Crippen molar-refractivity contribution in [1.82, 2.24) is 10.6 Å². The van der Waals surface area contributed by atoms with Gasteiger partial charge in [0.05, 0.1) is 17.3 Å². The molecule has 27 heavy (non-hydrogen) atoms. The summed E-state index contributed by atoms with van der Waals surface area (Å²) in [4.78, 5) is 16.8. The molecule has 1 aliphatic rings. The fourth-order valence-corrected chi connectivity index (χ4v) is 4.29. The van der Waals surface area contributed by atoms with Crippen LogP contribution in [0.3, 0.4) is 0 Å². The minimum absolute atomic E-state index is 0. The minimum atomic E-state index is -0.0718. The smallest absolute Gasteiger partial charge is 0.226 e. The maximum Gasteiger partial charge on any atom is 0.226 e. The number of nitrogens with one attached hydrogen (secondary N) is 3. The Balaban J connectivity index is 0.00000364. The van der Waals surface area contributed by atoms with E-state index in [0.29, 0.717) is 23.7 Å². The molecule has 3 N–H and O–H groups in total. The van der Waals surface area contributed by atoms with E-state index in [1.54, 1.807) is 0 Å². The summed E-state index contributed by atoms with van der Waals surface area (Å²) in [5, 5.41) is 9.89. The number of halogens is 2. The molecule has 0 aliphatic carbocycles. The highest BCUT2D eigenvalue weighted by Crippen LogP contribution is 2.37. The number of aryl methyl sites for hydroxylation is 1. The molecular weight excluding hydrogens is 495 g/mol. The second-order valence-electron chi connectivity index (χ2n) is 6.81. The van der Waals surface area contributed by atoms with Gasteiger partial charge in [-0.1, -0.05) is 17.7 Å². The Morgan fingerprint density at radius 3 is 2.78 bits per heavy atom. The molecule has 1 aromatic carbocycles. The summed E-state index contributed by atoms with van der Waals surface area (Å²) in [6, 6.07) is 5.60. The normalized spacial score (nSPS) is 19.3. The van der Waals surface area contributed by atoms with E-state index in [-0.39, 0.29) is 34.6 Å². The largest absolute Gasteiger partial charge is 0.357 e. The van der Waals surface area contributed by atoms with Crippen molar-refractivity contribution in [3.05, 3.63) is 28.8 Å². The van der Waals surface area contributed by atoms with E-state index in [1.165, 1.54) is 18.6 Å². The average Bonchev–Trinajstić information content (AvgIpc) is 3.02. The number of guanidine groups is 1. The van der Waals surface area contributed by atoms with Crippen LogP contribution in [-0.2, 0) is 4.79 Å². The molecule has 1 aromatic rings. The van der Waals surface area contributed by atoms with Crippen LogP contribution in [-0.4, -0.2) is 42.0 Å². The van der Waals surface area contributed by atoms with Crippen LogP contribution in [0.5, 0.6) is 0 Å². The number of thioether (sulfide) groups is 1. The van der Waals surface area contributed by atoms with Crippen LogP contribution < -0.4 is 16.0 Å². The summed E-state index contributed by atoms with van der Waals surface area (Å²) in [5.41, 5.74) is 1.71. The predicted molar refractivity (Wildman–Crippen MR) is 129 cm³/mol. The lowest BCUT2D eigenvalue weighted by Crippen LogP contribution is -2.39. The molecule has 1 saturated heterocycles. The van der Waals surface area contributed by atoms with Gasteiger partial charge in [0.2, 0.25) is 5.91 Å². The first-order valence-electron chi connectivity index (χ1n) is 9.14. The molecule has 152 valence electrons. The summed E-state index contributed by atoms with van der Waals surface area (Å²) >= 11 is 8.15. The number of carbonyl (C=O) groups excluding carboxylic acids is 1. The van der Waals surface area contributed by atoms with Gasteiger partial charge in [-0.3, -0.25) is 9.79 Å². The molecule has 1 aliphatic heterocycles. The van der Waals surface area contributed by atoms with E-state index in [1.807, 2.05) is 43.8 Å². The fraction of sp³-hybridized carbons (Fsp3) is 0.579. The van der Waals surface area contributed by atoms with Gasteiger partial charge in [0, 0.05) is 24.3 Å². The Labute approximate surface area is 188 Å². The monoisotopic (exact) mass is 524 g/mol. The van der Waals surface area contributed by atoms with Crippen LogP contribution in [0, 0.1) is 6.92 Å². The van der Waals surface area contributed by atoms with Crippen LogP contribution in [0.1, 0.15) is 38.7 Å². The number of nitrogens with zero attached hydrogens (tertiary/aromatic N) is 1. The first-order valence-corrected chi connectivity index (χ1v) is 10.5. The molecule has 0 bridgehead atoms. The SMILES string of the molecule is CCNC(=NCC1(C)CCCS1)NCCC(=O)Nc1ccc(C)cc1Cl.I. The Morgan fingerprint density at radius 2 is 2.15 bits per heavy atom. The van der Waals surface area contributed by atoms with Crippen LogP contribution in [0.2, 0.25) is 5.02 Å². The van der Waals surface area contributed by atoms with Crippen molar-refractivity contribution >= 4 is 64.9 Å². The Kier molecular flexibility index (Phi) is 10.8. The molecule has 5 nitrogen and oxygen atoms in total. The zero-order valence-corrected chi connectivity index (χ0v) is 20.1. The lowest BCUT2D eigenvalue weighted by atomic mass is 10.1. The molecule has 1 atom stereocenters. The number of carbonyl (C=O) groups is 1. The summed E-state index contributed by atoms with van der Waals surface area (Å²) in [5.74, 6) is 1.91. The van der Waals surface area contributed by atoms with Crippen molar-refractivity contribution < 1.29 is 4.79 Å². The van der Waals surface area contributed by atoms with Gasteiger partial charge in [0.15, 0.2) is 5.96 Å². The summed E-state index contributed by atoms with van der Waals surface area (Å²) in [6.07, 6.45) is 2.82. The van der Waals surface area contributed by atoms with Gasteiger partial charge in [-0.25, -0.2) is 0 Å². The summed E-state index contributed by atoms with van der Waals surface area (Å²) in [6.45, 7) is 8.38. The first-order chi connectivity index (χ1) is 12.4. The first kappa shape index (κ1) is 24.4. The minimum Gasteiger partial charge on any atom is -0.357 e. The number of aliphatic imine (C=N–C) groups is 1. The van der Waals surface area contributed by atoms with Crippen molar-refractivity contribution in [2.45, 2.75) is 44.8 Å². The predicted octanol–water partition coefficient (Wildman–Crippen LogP) is 4.44. The Morgan fingerprint density at radius 1 is 1.37 bits per heavy atom. The highest BCUT2D eigenvalue weighted by atomic mass is 127. The van der Waals surface area contributed by atoms with Crippen LogP contribution in [0.25, 0.3) is 0 Å². The van der Waals surface area contributed by atoms with Crippen molar-refractivity contribution in [2.24, 2.45) is 4.99 Å². The molecule has 0 aromatic heterocycles. The molecule has 0 radical (unpaired) electrons. The third-order valence-corrected chi connectivity index (χ3v) is 6.10. The Hall–Kier alpha value is -0.670. The van der Waals surface area contributed by atoms with E-state index >= 15 is 0 Å². The van der Waals surface area contributed by atoms with E-state index in [2.05, 4.69) is 22.9 Å². The quantitative estimate of drug-likeness (QED) is 0.280. The molecule has 1 unspecified atom stereocenters. The molecule has 1 amide bonds. The van der Waals surface area contributed by atoms with E-state index in [0.717, 1.165) is 24.6 Å². The molecule has 2 rings (SSSR count). The maximum atomic E-state index is 12.1. The lowest BCUT2D eigenvalue weighted by Gasteiger charge is -2.21. The van der Waals surface area contributed by atoms with E-state index < -0.39 is 0 Å². The van der Waals surface area contributed by atoms with Crippen LogP contribution in [0.4, 0.5) is 5.69 Å². The lowest BCUT2D eigenvalue weighted by molar-refractivity contribution is -0.116.